The summed E-state index contributed by atoms with van der Waals surface area (Å²) in [4.78, 5) is 4.43. The van der Waals surface area contributed by atoms with Gasteiger partial charge in [0.15, 0.2) is 5.13 Å². The topological polar surface area (TPSA) is 24.9 Å². The summed E-state index contributed by atoms with van der Waals surface area (Å²) in [5.74, 6) is 0.808. The van der Waals surface area contributed by atoms with Gasteiger partial charge in [0.25, 0.3) is 0 Å². The van der Waals surface area contributed by atoms with Crippen molar-refractivity contribution in [1.29, 1.82) is 0 Å². The quantitative estimate of drug-likeness (QED) is 0.786. The van der Waals surface area contributed by atoms with Crippen molar-refractivity contribution >= 4 is 16.5 Å². The number of nitrogens with zero attached hydrogens (tertiary/aromatic N) is 1. The van der Waals surface area contributed by atoms with E-state index in [2.05, 4.69) is 29.5 Å². The summed E-state index contributed by atoms with van der Waals surface area (Å²) in [5.41, 5.74) is 1.23. The minimum atomic E-state index is 0.808. The maximum absolute atomic E-state index is 4.43. The average molecular weight is 198 g/mol. The molecule has 0 saturated carbocycles. The number of thiazole rings is 1. The average Bonchev–Trinajstić information content (AvgIpc) is 2.52. The van der Waals surface area contributed by atoms with E-state index in [1.807, 2.05) is 7.05 Å². The van der Waals surface area contributed by atoms with Crippen LogP contribution in [0.15, 0.2) is 5.38 Å². The fourth-order valence-corrected chi connectivity index (χ4v) is 1.93. The van der Waals surface area contributed by atoms with Gasteiger partial charge in [0.1, 0.15) is 0 Å². The third-order valence-corrected chi connectivity index (χ3v) is 2.89. The molecule has 13 heavy (non-hydrogen) atoms. The minimum absolute atomic E-state index is 0.808. The summed E-state index contributed by atoms with van der Waals surface area (Å²) in [6.45, 7) is 4.53. The van der Waals surface area contributed by atoms with Crippen LogP contribution in [0.3, 0.4) is 0 Å². The predicted octanol–water partition coefficient (Wildman–Crippen LogP) is 3.16. The molecule has 1 aromatic rings. The van der Waals surface area contributed by atoms with Crippen LogP contribution in [0, 0.1) is 5.92 Å². The van der Waals surface area contributed by atoms with Gasteiger partial charge in [-0.3, -0.25) is 0 Å². The SMILES string of the molecule is CNc1nc(CCCC(C)C)cs1. The van der Waals surface area contributed by atoms with Crippen molar-refractivity contribution in [2.45, 2.75) is 33.1 Å². The molecular weight excluding hydrogens is 180 g/mol. The van der Waals surface area contributed by atoms with Gasteiger partial charge in [0.05, 0.1) is 5.69 Å². The van der Waals surface area contributed by atoms with Crippen LogP contribution in [0.25, 0.3) is 0 Å². The summed E-state index contributed by atoms with van der Waals surface area (Å²) in [6.07, 6.45) is 3.67. The van der Waals surface area contributed by atoms with E-state index in [9.17, 15) is 0 Å². The van der Waals surface area contributed by atoms with Crippen molar-refractivity contribution < 1.29 is 0 Å². The summed E-state index contributed by atoms with van der Waals surface area (Å²) in [6, 6.07) is 0. The molecule has 1 heterocycles. The molecule has 0 radical (unpaired) electrons. The molecule has 0 aliphatic carbocycles. The van der Waals surface area contributed by atoms with Crippen molar-refractivity contribution in [2.24, 2.45) is 5.92 Å². The molecule has 0 aliphatic heterocycles. The molecule has 0 fully saturated rings. The van der Waals surface area contributed by atoms with E-state index >= 15 is 0 Å². The van der Waals surface area contributed by atoms with Gasteiger partial charge in [-0.1, -0.05) is 20.3 Å². The molecule has 2 nitrogen and oxygen atoms in total. The zero-order valence-corrected chi connectivity index (χ0v) is 9.45. The number of aryl methyl sites for hydroxylation is 1. The van der Waals surface area contributed by atoms with Crippen LogP contribution in [0.1, 0.15) is 32.4 Å². The van der Waals surface area contributed by atoms with Gasteiger partial charge in [-0.05, 0) is 18.8 Å². The highest BCUT2D eigenvalue weighted by molar-refractivity contribution is 7.13. The van der Waals surface area contributed by atoms with Gasteiger partial charge < -0.3 is 5.32 Å². The zero-order valence-electron chi connectivity index (χ0n) is 8.63. The van der Waals surface area contributed by atoms with E-state index in [4.69, 9.17) is 0 Å². The molecule has 1 N–H and O–H groups in total. The highest BCUT2D eigenvalue weighted by Crippen LogP contribution is 2.16. The summed E-state index contributed by atoms with van der Waals surface area (Å²) in [5, 5.41) is 6.23. The third kappa shape index (κ3) is 3.77. The highest BCUT2D eigenvalue weighted by Gasteiger charge is 2.00. The van der Waals surface area contributed by atoms with Crippen molar-refractivity contribution in [3.05, 3.63) is 11.1 Å². The van der Waals surface area contributed by atoms with E-state index in [0.717, 1.165) is 17.5 Å². The Hall–Kier alpha value is -0.570. The molecule has 74 valence electrons. The predicted molar refractivity (Wildman–Crippen MR) is 59.4 cm³/mol. The Bertz CT molecular complexity index is 243. The molecule has 1 rings (SSSR count). The Morgan fingerprint density at radius 2 is 2.31 bits per heavy atom. The first-order chi connectivity index (χ1) is 6.22. The van der Waals surface area contributed by atoms with E-state index < -0.39 is 0 Å². The number of hydrogen-bond acceptors (Lipinski definition) is 3. The van der Waals surface area contributed by atoms with Crippen LogP contribution in [0.2, 0.25) is 0 Å². The molecule has 1 aromatic heterocycles. The molecule has 0 saturated heterocycles. The maximum atomic E-state index is 4.43. The van der Waals surface area contributed by atoms with E-state index in [1.165, 1.54) is 18.5 Å². The number of hydrogen-bond donors (Lipinski definition) is 1. The largest absolute Gasteiger partial charge is 0.365 e. The van der Waals surface area contributed by atoms with Gasteiger partial charge >= 0.3 is 0 Å². The molecule has 0 aromatic carbocycles. The lowest BCUT2D eigenvalue weighted by atomic mass is 10.1. The third-order valence-electron chi connectivity index (χ3n) is 1.98. The van der Waals surface area contributed by atoms with E-state index in [-0.39, 0.29) is 0 Å². The first-order valence-corrected chi connectivity index (χ1v) is 5.72. The second kappa shape index (κ2) is 5.22. The molecule has 3 heteroatoms. The standard InChI is InChI=1S/C10H18N2S/c1-8(2)5-4-6-9-7-13-10(11-3)12-9/h7-8H,4-6H2,1-3H3,(H,11,12). The van der Waals surface area contributed by atoms with Crippen LogP contribution < -0.4 is 5.32 Å². The number of anilines is 1. The van der Waals surface area contributed by atoms with E-state index in [1.54, 1.807) is 11.3 Å². The first-order valence-electron chi connectivity index (χ1n) is 4.84. The molecule has 0 atom stereocenters. The van der Waals surface area contributed by atoms with Crippen LogP contribution >= 0.6 is 11.3 Å². The molecule has 0 aliphatic rings. The fraction of sp³-hybridized carbons (Fsp3) is 0.700. The van der Waals surface area contributed by atoms with E-state index in [0.29, 0.717) is 0 Å². The van der Waals surface area contributed by atoms with Crippen molar-refractivity contribution in [1.82, 2.24) is 4.98 Å². The molecule has 0 bridgehead atoms. The van der Waals surface area contributed by atoms with Gasteiger partial charge in [-0.25, -0.2) is 4.98 Å². The lowest BCUT2D eigenvalue weighted by molar-refractivity contribution is 0.553. The molecular formula is C10H18N2S. The molecule has 0 spiro atoms. The lowest BCUT2D eigenvalue weighted by Crippen LogP contribution is -1.92. The van der Waals surface area contributed by atoms with Crippen molar-refractivity contribution in [3.8, 4) is 0 Å². The zero-order chi connectivity index (χ0) is 9.68. The van der Waals surface area contributed by atoms with Crippen molar-refractivity contribution in [3.63, 3.8) is 0 Å². The Kier molecular flexibility index (Phi) is 4.22. The smallest absolute Gasteiger partial charge is 0.182 e. The number of nitrogens with one attached hydrogen (secondary N) is 1. The van der Waals surface area contributed by atoms with Crippen LogP contribution in [-0.2, 0) is 6.42 Å². The highest BCUT2D eigenvalue weighted by atomic mass is 32.1. The van der Waals surface area contributed by atoms with Crippen LogP contribution in [0.4, 0.5) is 5.13 Å². The van der Waals surface area contributed by atoms with Gasteiger partial charge in [-0.2, -0.15) is 0 Å². The Labute approximate surface area is 84.4 Å². The fourth-order valence-electron chi connectivity index (χ4n) is 1.23. The Morgan fingerprint density at radius 3 is 2.85 bits per heavy atom. The second-order valence-electron chi connectivity index (χ2n) is 3.68. The molecule has 0 unspecified atom stereocenters. The van der Waals surface area contributed by atoms with Gasteiger partial charge in [0.2, 0.25) is 0 Å². The van der Waals surface area contributed by atoms with Crippen LogP contribution in [-0.4, -0.2) is 12.0 Å². The first kappa shape index (κ1) is 10.5. The molecule has 0 amide bonds. The summed E-state index contributed by atoms with van der Waals surface area (Å²) in [7, 11) is 1.91. The minimum Gasteiger partial charge on any atom is -0.365 e. The van der Waals surface area contributed by atoms with Gasteiger partial charge in [0, 0.05) is 12.4 Å². The Balaban J connectivity index is 2.28. The van der Waals surface area contributed by atoms with Gasteiger partial charge in [-0.15, -0.1) is 11.3 Å². The maximum Gasteiger partial charge on any atom is 0.182 e. The lowest BCUT2D eigenvalue weighted by Gasteiger charge is -2.01. The summed E-state index contributed by atoms with van der Waals surface area (Å²) >= 11 is 1.69. The van der Waals surface area contributed by atoms with Crippen LogP contribution in [0.5, 0.6) is 0 Å². The normalized spacial score (nSPS) is 10.8. The second-order valence-corrected chi connectivity index (χ2v) is 4.54. The van der Waals surface area contributed by atoms with Crippen molar-refractivity contribution in [2.75, 3.05) is 12.4 Å². The number of rotatable bonds is 5. The summed E-state index contributed by atoms with van der Waals surface area (Å²) < 4.78 is 0. The number of aromatic nitrogens is 1. The monoisotopic (exact) mass is 198 g/mol. The Morgan fingerprint density at radius 1 is 1.54 bits per heavy atom.